The summed E-state index contributed by atoms with van der Waals surface area (Å²) in [6.45, 7) is 5.61. The SMILES string of the molecule is CC1CS(=O)(=O)CCN1C(=O)C(C)(C)Br. The van der Waals surface area contributed by atoms with E-state index >= 15 is 0 Å². The summed E-state index contributed by atoms with van der Waals surface area (Å²) >= 11 is 3.29. The van der Waals surface area contributed by atoms with Crippen molar-refractivity contribution < 1.29 is 13.2 Å². The molecule has 0 aliphatic carbocycles. The van der Waals surface area contributed by atoms with Crippen LogP contribution in [0.15, 0.2) is 0 Å². The van der Waals surface area contributed by atoms with E-state index in [9.17, 15) is 13.2 Å². The zero-order valence-electron chi connectivity index (χ0n) is 9.16. The minimum Gasteiger partial charge on any atom is -0.337 e. The van der Waals surface area contributed by atoms with Crippen LogP contribution >= 0.6 is 15.9 Å². The van der Waals surface area contributed by atoms with Crippen molar-refractivity contribution in [3.05, 3.63) is 0 Å². The lowest BCUT2D eigenvalue weighted by atomic mass is 10.1. The van der Waals surface area contributed by atoms with Gasteiger partial charge in [-0.05, 0) is 20.8 Å². The van der Waals surface area contributed by atoms with Crippen LogP contribution < -0.4 is 0 Å². The standard InChI is InChI=1S/C9H16BrNO3S/c1-7-6-15(13,14)5-4-11(7)8(12)9(2,3)10/h7H,4-6H2,1-3H3. The molecule has 0 radical (unpaired) electrons. The summed E-state index contributed by atoms with van der Waals surface area (Å²) in [6, 6.07) is -0.229. The highest BCUT2D eigenvalue weighted by Crippen LogP contribution is 2.23. The van der Waals surface area contributed by atoms with Crippen LogP contribution in [-0.4, -0.2) is 47.6 Å². The molecule has 4 nitrogen and oxygen atoms in total. The lowest BCUT2D eigenvalue weighted by Gasteiger charge is -2.36. The summed E-state index contributed by atoms with van der Waals surface area (Å²) < 4.78 is 22.0. The Kier molecular flexibility index (Phi) is 3.50. The van der Waals surface area contributed by atoms with Crippen LogP contribution in [0.3, 0.4) is 0 Å². The molecule has 0 aromatic rings. The van der Waals surface area contributed by atoms with Crippen molar-refractivity contribution in [2.24, 2.45) is 0 Å². The highest BCUT2D eigenvalue weighted by atomic mass is 79.9. The molecule has 1 saturated heterocycles. The molecule has 1 aliphatic heterocycles. The molecule has 1 rings (SSSR count). The molecule has 0 aromatic heterocycles. The second-order valence-electron chi connectivity index (χ2n) is 4.43. The van der Waals surface area contributed by atoms with Crippen molar-refractivity contribution in [3.8, 4) is 0 Å². The monoisotopic (exact) mass is 297 g/mol. The van der Waals surface area contributed by atoms with Gasteiger partial charge in [0.25, 0.3) is 0 Å². The Labute approximate surface area is 99.1 Å². The Morgan fingerprint density at radius 1 is 1.47 bits per heavy atom. The fourth-order valence-corrected chi connectivity index (χ4v) is 3.43. The minimum absolute atomic E-state index is 0.0510. The van der Waals surface area contributed by atoms with Crippen LogP contribution in [0.25, 0.3) is 0 Å². The van der Waals surface area contributed by atoms with E-state index in [1.165, 1.54) is 0 Å². The molecule has 0 aromatic carbocycles. The topological polar surface area (TPSA) is 54.5 Å². The Hall–Kier alpha value is -0.100. The van der Waals surface area contributed by atoms with E-state index in [2.05, 4.69) is 15.9 Å². The van der Waals surface area contributed by atoms with Gasteiger partial charge in [-0.3, -0.25) is 4.79 Å². The number of hydrogen-bond donors (Lipinski definition) is 0. The third-order valence-electron chi connectivity index (χ3n) is 2.44. The molecule has 15 heavy (non-hydrogen) atoms. The van der Waals surface area contributed by atoms with Crippen LogP contribution in [0.2, 0.25) is 0 Å². The van der Waals surface area contributed by atoms with Crippen LogP contribution in [-0.2, 0) is 14.6 Å². The first-order chi connectivity index (χ1) is 6.63. The number of rotatable bonds is 1. The molecule has 1 aliphatic rings. The van der Waals surface area contributed by atoms with E-state index < -0.39 is 14.2 Å². The first kappa shape index (κ1) is 13.0. The predicted octanol–water partition coefficient (Wildman–Crippen LogP) is 0.805. The second-order valence-corrected chi connectivity index (χ2v) is 8.65. The maximum Gasteiger partial charge on any atom is 0.239 e. The molecular formula is C9H16BrNO3S. The smallest absolute Gasteiger partial charge is 0.239 e. The van der Waals surface area contributed by atoms with E-state index in [4.69, 9.17) is 0 Å². The maximum atomic E-state index is 11.9. The molecular weight excluding hydrogens is 282 g/mol. The van der Waals surface area contributed by atoms with Crippen molar-refractivity contribution >= 4 is 31.7 Å². The molecule has 0 bridgehead atoms. The third kappa shape index (κ3) is 3.17. The summed E-state index contributed by atoms with van der Waals surface area (Å²) in [4.78, 5) is 13.6. The number of halogens is 1. The van der Waals surface area contributed by atoms with Gasteiger partial charge in [0, 0.05) is 12.6 Å². The Morgan fingerprint density at radius 2 is 2.00 bits per heavy atom. The second kappa shape index (κ2) is 4.05. The van der Waals surface area contributed by atoms with Gasteiger partial charge in [0.2, 0.25) is 5.91 Å². The Morgan fingerprint density at radius 3 is 2.40 bits per heavy atom. The number of carbonyl (C=O) groups is 1. The molecule has 1 fully saturated rings. The Bertz CT molecular complexity index is 358. The average molecular weight is 298 g/mol. The Balaban J connectivity index is 2.80. The molecule has 6 heteroatoms. The fourth-order valence-electron chi connectivity index (χ4n) is 1.64. The highest BCUT2D eigenvalue weighted by molar-refractivity contribution is 9.10. The van der Waals surface area contributed by atoms with Crippen molar-refractivity contribution in [1.82, 2.24) is 4.90 Å². The van der Waals surface area contributed by atoms with Crippen LogP contribution in [0.4, 0.5) is 0 Å². The molecule has 1 amide bonds. The zero-order valence-corrected chi connectivity index (χ0v) is 11.6. The van der Waals surface area contributed by atoms with E-state index in [1.807, 2.05) is 0 Å². The van der Waals surface area contributed by atoms with Gasteiger partial charge in [-0.25, -0.2) is 8.42 Å². The third-order valence-corrected chi connectivity index (χ3v) is 4.57. The van der Waals surface area contributed by atoms with Gasteiger partial charge < -0.3 is 4.90 Å². The molecule has 1 atom stereocenters. The molecule has 0 saturated carbocycles. The molecule has 1 heterocycles. The molecule has 0 spiro atoms. The number of sulfone groups is 1. The fraction of sp³-hybridized carbons (Fsp3) is 0.889. The van der Waals surface area contributed by atoms with Crippen molar-refractivity contribution in [2.75, 3.05) is 18.1 Å². The summed E-state index contributed by atoms with van der Waals surface area (Å²) in [5.41, 5.74) is 0. The number of amides is 1. The van der Waals surface area contributed by atoms with Crippen LogP contribution in [0, 0.1) is 0 Å². The summed E-state index contributed by atoms with van der Waals surface area (Å²) in [6.07, 6.45) is 0. The van der Waals surface area contributed by atoms with Gasteiger partial charge in [-0.15, -0.1) is 0 Å². The van der Waals surface area contributed by atoms with Gasteiger partial charge in [-0.2, -0.15) is 0 Å². The average Bonchev–Trinajstić information content (AvgIpc) is 1.99. The zero-order chi connectivity index (χ0) is 11.9. The predicted molar refractivity (Wildman–Crippen MR) is 62.8 cm³/mol. The molecule has 88 valence electrons. The van der Waals surface area contributed by atoms with E-state index in [-0.39, 0.29) is 23.5 Å². The normalized spacial score (nSPS) is 26.4. The van der Waals surface area contributed by atoms with E-state index in [0.717, 1.165) is 0 Å². The molecule has 0 N–H and O–H groups in total. The van der Waals surface area contributed by atoms with Gasteiger partial charge in [0.15, 0.2) is 9.84 Å². The van der Waals surface area contributed by atoms with E-state index in [0.29, 0.717) is 6.54 Å². The van der Waals surface area contributed by atoms with Crippen molar-refractivity contribution in [2.45, 2.75) is 31.1 Å². The largest absolute Gasteiger partial charge is 0.337 e. The van der Waals surface area contributed by atoms with Crippen molar-refractivity contribution in [3.63, 3.8) is 0 Å². The molecule has 1 unspecified atom stereocenters. The van der Waals surface area contributed by atoms with Gasteiger partial charge in [0.05, 0.1) is 15.8 Å². The number of alkyl halides is 1. The van der Waals surface area contributed by atoms with Crippen molar-refractivity contribution in [1.29, 1.82) is 0 Å². The maximum absolute atomic E-state index is 11.9. The van der Waals surface area contributed by atoms with Gasteiger partial charge in [-0.1, -0.05) is 15.9 Å². The van der Waals surface area contributed by atoms with E-state index in [1.54, 1.807) is 25.7 Å². The van der Waals surface area contributed by atoms with Crippen LogP contribution in [0.1, 0.15) is 20.8 Å². The van der Waals surface area contributed by atoms with Crippen LogP contribution in [0.5, 0.6) is 0 Å². The quantitative estimate of drug-likeness (QED) is 0.673. The number of carbonyl (C=O) groups excluding carboxylic acids is 1. The van der Waals surface area contributed by atoms with Gasteiger partial charge in [0.1, 0.15) is 0 Å². The first-order valence-corrected chi connectivity index (χ1v) is 7.45. The lowest BCUT2D eigenvalue weighted by molar-refractivity contribution is -0.134. The highest BCUT2D eigenvalue weighted by Gasteiger charge is 2.36. The number of nitrogens with zero attached hydrogens (tertiary/aromatic N) is 1. The number of hydrogen-bond acceptors (Lipinski definition) is 3. The summed E-state index contributed by atoms with van der Waals surface area (Å²) in [5.74, 6) is 0.0958. The summed E-state index contributed by atoms with van der Waals surface area (Å²) in [7, 11) is -2.95. The van der Waals surface area contributed by atoms with Gasteiger partial charge >= 0.3 is 0 Å². The summed E-state index contributed by atoms with van der Waals surface area (Å²) in [5, 5.41) is 0. The first-order valence-electron chi connectivity index (χ1n) is 4.84. The lowest BCUT2D eigenvalue weighted by Crippen LogP contribution is -2.54. The minimum atomic E-state index is -2.95.